The molecule has 8 nitrogen and oxygen atoms in total. The minimum Gasteiger partial charge on any atom is -0.489 e. The number of halogens is 1. The average molecular weight is 398 g/mol. The molecule has 1 atom stereocenters. The fraction of sp³-hybridized carbons (Fsp3) is 0.250. The van der Waals surface area contributed by atoms with Crippen molar-refractivity contribution < 1.29 is 18.8 Å². The minimum atomic E-state index is -0.531. The van der Waals surface area contributed by atoms with E-state index in [0.717, 1.165) is 16.9 Å². The van der Waals surface area contributed by atoms with Gasteiger partial charge in [0.2, 0.25) is 0 Å². The van der Waals surface area contributed by atoms with Crippen LogP contribution in [0.5, 0.6) is 11.8 Å². The predicted molar refractivity (Wildman–Crippen MR) is 102 cm³/mol. The van der Waals surface area contributed by atoms with Crippen LogP contribution >= 0.6 is 0 Å². The largest absolute Gasteiger partial charge is 0.489 e. The lowest BCUT2D eigenvalue weighted by Gasteiger charge is -2.23. The first-order chi connectivity index (χ1) is 14.1. The van der Waals surface area contributed by atoms with Crippen molar-refractivity contribution >= 4 is 5.82 Å². The topological polar surface area (TPSA) is 91.5 Å². The van der Waals surface area contributed by atoms with Gasteiger partial charge < -0.3 is 24.9 Å². The summed E-state index contributed by atoms with van der Waals surface area (Å²) in [5.41, 5.74) is 1.97. The maximum absolute atomic E-state index is 12.9. The highest BCUT2D eigenvalue weighted by Gasteiger charge is 2.27. The Labute approximate surface area is 166 Å². The van der Waals surface area contributed by atoms with E-state index in [1.807, 2.05) is 24.3 Å². The summed E-state index contributed by atoms with van der Waals surface area (Å²) in [7, 11) is 0. The van der Waals surface area contributed by atoms with E-state index < -0.39 is 4.92 Å². The molecule has 9 heteroatoms. The van der Waals surface area contributed by atoms with Crippen LogP contribution in [0, 0.1) is 15.9 Å². The second-order valence-corrected chi connectivity index (χ2v) is 6.74. The quantitative estimate of drug-likeness (QED) is 0.486. The molecule has 1 aromatic heterocycles. The zero-order chi connectivity index (χ0) is 20.2. The number of fused-ring (bicyclic) bond motifs is 1. The number of nitro groups is 1. The Hall–Kier alpha value is -3.46. The molecule has 0 bridgehead atoms. The molecule has 0 spiro atoms. The highest BCUT2D eigenvalue weighted by atomic mass is 19.1. The number of nitrogens with one attached hydrogen (secondary N) is 1. The fourth-order valence-corrected chi connectivity index (χ4v) is 3.02. The van der Waals surface area contributed by atoms with E-state index in [1.54, 1.807) is 16.7 Å². The molecule has 0 radical (unpaired) electrons. The molecule has 0 fully saturated rings. The average Bonchev–Trinajstić information content (AvgIpc) is 3.16. The van der Waals surface area contributed by atoms with Crippen molar-refractivity contribution in [3.63, 3.8) is 0 Å². The first-order valence-electron chi connectivity index (χ1n) is 9.11. The number of ether oxygens (including phenoxy) is 2. The monoisotopic (exact) mass is 398 g/mol. The van der Waals surface area contributed by atoms with Crippen LogP contribution < -0.4 is 14.8 Å². The number of nitrogens with zero attached hydrogens (tertiary/aromatic N) is 3. The highest BCUT2D eigenvalue weighted by Crippen LogP contribution is 2.21. The van der Waals surface area contributed by atoms with Crippen LogP contribution in [0.25, 0.3) is 0 Å². The molecule has 2 aromatic carbocycles. The minimum absolute atomic E-state index is 0.0192. The van der Waals surface area contributed by atoms with E-state index in [-0.39, 0.29) is 23.7 Å². The van der Waals surface area contributed by atoms with Gasteiger partial charge in [0.1, 0.15) is 31.0 Å². The van der Waals surface area contributed by atoms with Crippen molar-refractivity contribution in [2.24, 2.45) is 0 Å². The molecule has 0 amide bonds. The predicted octanol–water partition coefficient (Wildman–Crippen LogP) is 3.06. The van der Waals surface area contributed by atoms with Crippen LogP contribution in [0.2, 0.25) is 0 Å². The number of imidazole rings is 1. The van der Waals surface area contributed by atoms with Crippen LogP contribution in [0.4, 0.5) is 10.2 Å². The van der Waals surface area contributed by atoms with Crippen molar-refractivity contribution in [1.29, 1.82) is 0 Å². The zero-order valence-electron chi connectivity index (χ0n) is 15.5. The number of hydrogen-bond donors (Lipinski definition) is 1. The van der Waals surface area contributed by atoms with Gasteiger partial charge in [-0.25, -0.2) is 4.39 Å². The summed E-state index contributed by atoms with van der Waals surface area (Å²) < 4.78 is 25.8. The van der Waals surface area contributed by atoms with Crippen molar-refractivity contribution in [2.45, 2.75) is 25.7 Å². The van der Waals surface area contributed by atoms with Crippen LogP contribution in [-0.2, 0) is 19.7 Å². The van der Waals surface area contributed by atoms with Gasteiger partial charge in [-0.2, -0.15) is 0 Å². The van der Waals surface area contributed by atoms with Gasteiger partial charge in [-0.05, 0) is 40.3 Å². The maximum atomic E-state index is 12.9. The summed E-state index contributed by atoms with van der Waals surface area (Å²) in [4.78, 5) is 14.1. The second-order valence-electron chi connectivity index (χ2n) is 6.74. The van der Waals surface area contributed by atoms with Crippen LogP contribution in [-0.4, -0.2) is 27.1 Å². The fourth-order valence-electron chi connectivity index (χ4n) is 3.02. The van der Waals surface area contributed by atoms with E-state index in [2.05, 4.69) is 10.3 Å². The third-order valence-electron chi connectivity index (χ3n) is 4.58. The zero-order valence-corrected chi connectivity index (χ0v) is 15.5. The third-order valence-corrected chi connectivity index (χ3v) is 4.58. The van der Waals surface area contributed by atoms with Crippen molar-refractivity contribution in [1.82, 2.24) is 14.9 Å². The lowest BCUT2D eigenvalue weighted by molar-refractivity contribution is -0.389. The summed E-state index contributed by atoms with van der Waals surface area (Å²) in [6.45, 7) is 1.94. The van der Waals surface area contributed by atoms with Gasteiger partial charge in [0.05, 0.1) is 6.04 Å². The Bertz CT molecular complexity index is 989. The van der Waals surface area contributed by atoms with E-state index in [9.17, 15) is 14.5 Å². The van der Waals surface area contributed by atoms with Gasteiger partial charge in [-0.3, -0.25) is 4.57 Å². The number of hydrogen-bond acceptors (Lipinski definition) is 6. The Morgan fingerprint density at radius 3 is 2.66 bits per heavy atom. The van der Waals surface area contributed by atoms with E-state index >= 15 is 0 Å². The molecule has 1 aliphatic heterocycles. The van der Waals surface area contributed by atoms with Gasteiger partial charge in [0.25, 0.3) is 0 Å². The normalized spacial score (nSPS) is 15.4. The molecule has 4 rings (SSSR count). The summed E-state index contributed by atoms with van der Waals surface area (Å²) in [5.74, 6) is 0.253. The van der Waals surface area contributed by atoms with Crippen LogP contribution in [0.3, 0.4) is 0 Å². The Balaban J connectivity index is 1.27. The number of aromatic nitrogens is 2. The molecule has 2 heterocycles. The first-order valence-corrected chi connectivity index (χ1v) is 9.11. The molecule has 0 saturated heterocycles. The summed E-state index contributed by atoms with van der Waals surface area (Å²) >= 11 is 0. The lowest BCUT2D eigenvalue weighted by atomic mass is 10.2. The van der Waals surface area contributed by atoms with Gasteiger partial charge in [-0.15, -0.1) is 0 Å². The Morgan fingerprint density at radius 2 is 1.93 bits per heavy atom. The van der Waals surface area contributed by atoms with Crippen molar-refractivity contribution in [3.8, 4) is 11.8 Å². The molecule has 29 heavy (non-hydrogen) atoms. The van der Waals surface area contributed by atoms with Gasteiger partial charge in [0, 0.05) is 18.1 Å². The molecular formula is C20H19FN4O4. The summed E-state index contributed by atoms with van der Waals surface area (Å²) in [5, 5.41) is 14.2. The molecule has 0 saturated carbocycles. The molecule has 1 N–H and O–H groups in total. The molecule has 1 aliphatic rings. The van der Waals surface area contributed by atoms with E-state index in [1.165, 1.54) is 18.3 Å². The van der Waals surface area contributed by atoms with E-state index in [4.69, 9.17) is 9.47 Å². The molecule has 0 unspecified atom stereocenters. The van der Waals surface area contributed by atoms with Crippen molar-refractivity contribution in [3.05, 3.63) is 81.8 Å². The van der Waals surface area contributed by atoms with E-state index in [0.29, 0.717) is 26.3 Å². The van der Waals surface area contributed by atoms with Crippen molar-refractivity contribution in [2.75, 3.05) is 6.61 Å². The Morgan fingerprint density at radius 1 is 1.21 bits per heavy atom. The molecule has 150 valence electrons. The smallest absolute Gasteiger partial charge is 0.414 e. The SMILES string of the molecule is O=[N+]([O-])c1cn2c(n1)OC[C@@H](NCc1ccc(OCc3ccc(F)cc3)cc1)C2. The molecular weight excluding hydrogens is 379 g/mol. The van der Waals surface area contributed by atoms with Gasteiger partial charge in [-0.1, -0.05) is 24.3 Å². The number of rotatable bonds is 7. The third kappa shape index (κ3) is 4.69. The first kappa shape index (κ1) is 18.9. The Kier molecular flexibility index (Phi) is 5.39. The van der Waals surface area contributed by atoms with Crippen LogP contribution in [0.1, 0.15) is 11.1 Å². The highest BCUT2D eigenvalue weighted by molar-refractivity contribution is 5.28. The molecule has 0 aliphatic carbocycles. The van der Waals surface area contributed by atoms with Gasteiger partial charge in [0.15, 0.2) is 0 Å². The molecule has 3 aromatic rings. The number of benzene rings is 2. The summed E-state index contributed by atoms with van der Waals surface area (Å²) in [6, 6.07) is 14.2. The maximum Gasteiger partial charge on any atom is 0.414 e. The lowest BCUT2D eigenvalue weighted by Crippen LogP contribution is -2.41. The second kappa shape index (κ2) is 8.27. The van der Waals surface area contributed by atoms with Gasteiger partial charge >= 0.3 is 11.8 Å². The van der Waals surface area contributed by atoms with Crippen LogP contribution in [0.15, 0.2) is 54.7 Å². The standard InChI is InChI=1S/C20H19FN4O4/c21-16-5-1-15(2-6-16)12-28-18-7-3-14(4-8-18)9-22-17-10-24-11-19(25(26)27)23-20(24)29-13-17/h1-8,11,17,22H,9-10,12-13H2/t17-/m0/s1. The summed E-state index contributed by atoms with van der Waals surface area (Å²) in [6.07, 6.45) is 1.39.